The van der Waals surface area contributed by atoms with E-state index < -0.39 is 0 Å². The lowest BCUT2D eigenvalue weighted by Crippen LogP contribution is -2.35. The second kappa shape index (κ2) is 6.93. The standard InChI is InChI=1S/C17H23BrN2O/c18-7-10-19-8-2-9-20(12-11-19)17(21)16-6-5-14-3-1-4-15(14)13-16/h5-6,13H,1-4,7-12H2. The minimum absolute atomic E-state index is 0.213. The van der Waals surface area contributed by atoms with Crippen molar-refractivity contribution in [1.29, 1.82) is 0 Å². The van der Waals surface area contributed by atoms with E-state index in [-0.39, 0.29) is 5.91 Å². The Labute approximate surface area is 135 Å². The maximum atomic E-state index is 12.7. The highest BCUT2D eigenvalue weighted by Gasteiger charge is 2.21. The van der Waals surface area contributed by atoms with Crippen molar-refractivity contribution in [2.45, 2.75) is 25.7 Å². The fourth-order valence-corrected chi connectivity index (χ4v) is 3.91. The van der Waals surface area contributed by atoms with Crippen LogP contribution in [0.5, 0.6) is 0 Å². The van der Waals surface area contributed by atoms with Gasteiger partial charge in [0.25, 0.3) is 5.91 Å². The van der Waals surface area contributed by atoms with Crippen LogP contribution in [0.4, 0.5) is 0 Å². The Hall–Kier alpha value is -0.870. The van der Waals surface area contributed by atoms with Crippen LogP contribution in [0.25, 0.3) is 0 Å². The average Bonchev–Trinajstić information content (AvgIpc) is 2.85. The molecular formula is C17H23BrN2O. The number of hydrogen-bond donors (Lipinski definition) is 0. The molecule has 1 amide bonds. The molecule has 0 bridgehead atoms. The molecule has 0 N–H and O–H groups in total. The van der Waals surface area contributed by atoms with Crippen LogP contribution < -0.4 is 0 Å². The maximum absolute atomic E-state index is 12.7. The van der Waals surface area contributed by atoms with Crippen molar-refractivity contribution in [3.63, 3.8) is 0 Å². The second-order valence-corrected chi connectivity index (χ2v) is 6.81. The van der Waals surface area contributed by atoms with E-state index in [2.05, 4.69) is 33.0 Å². The molecular weight excluding hydrogens is 328 g/mol. The van der Waals surface area contributed by atoms with Crippen LogP contribution in [0.15, 0.2) is 18.2 Å². The molecule has 0 unspecified atom stereocenters. The topological polar surface area (TPSA) is 23.6 Å². The van der Waals surface area contributed by atoms with Gasteiger partial charge in [0, 0.05) is 37.1 Å². The van der Waals surface area contributed by atoms with E-state index >= 15 is 0 Å². The van der Waals surface area contributed by atoms with Crippen LogP contribution in [0.2, 0.25) is 0 Å². The molecule has 1 fully saturated rings. The molecule has 21 heavy (non-hydrogen) atoms. The summed E-state index contributed by atoms with van der Waals surface area (Å²) in [5.74, 6) is 0.213. The van der Waals surface area contributed by atoms with E-state index in [9.17, 15) is 4.79 Å². The molecule has 4 heteroatoms. The number of carbonyl (C=O) groups excluding carboxylic acids is 1. The second-order valence-electron chi connectivity index (χ2n) is 6.01. The first-order valence-electron chi connectivity index (χ1n) is 7.97. The van der Waals surface area contributed by atoms with Gasteiger partial charge in [0.2, 0.25) is 0 Å². The van der Waals surface area contributed by atoms with Gasteiger partial charge in [-0.15, -0.1) is 0 Å². The molecule has 3 rings (SSSR count). The average molecular weight is 351 g/mol. The molecule has 0 atom stereocenters. The molecule has 2 aliphatic rings. The molecule has 0 aromatic heterocycles. The Morgan fingerprint density at radius 3 is 2.76 bits per heavy atom. The first kappa shape index (κ1) is 15.0. The van der Waals surface area contributed by atoms with Gasteiger partial charge in [0.05, 0.1) is 0 Å². The fourth-order valence-electron chi connectivity index (χ4n) is 3.40. The molecule has 1 aliphatic carbocycles. The van der Waals surface area contributed by atoms with E-state index in [4.69, 9.17) is 0 Å². The zero-order valence-corrected chi connectivity index (χ0v) is 14.1. The third-order valence-corrected chi connectivity index (χ3v) is 4.98. The van der Waals surface area contributed by atoms with Crippen molar-refractivity contribution in [1.82, 2.24) is 9.80 Å². The van der Waals surface area contributed by atoms with Crippen molar-refractivity contribution >= 4 is 21.8 Å². The third kappa shape index (κ3) is 3.49. The molecule has 1 aromatic carbocycles. The van der Waals surface area contributed by atoms with Crippen molar-refractivity contribution in [2.24, 2.45) is 0 Å². The predicted octanol–water partition coefficient (Wildman–Crippen LogP) is 2.72. The third-order valence-electron chi connectivity index (χ3n) is 4.62. The molecule has 114 valence electrons. The van der Waals surface area contributed by atoms with Crippen LogP contribution in [0.1, 0.15) is 34.3 Å². The van der Waals surface area contributed by atoms with Gasteiger partial charge in [-0.05, 0) is 55.5 Å². The fraction of sp³-hybridized carbons (Fsp3) is 0.588. The molecule has 1 heterocycles. The summed E-state index contributed by atoms with van der Waals surface area (Å²) in [6.45, 7) is 4.89. The number of hydrogen-bond acceptors (Lipinski definition) is 2. The van der Waals surface area contributed by atoms with E-state index in [0.717, 1.165) is 56.5 Å². The summed E-state index contributed by atoms with van der Waals surface area (Å²) in [5.41, 5.74) is 3.70. The summed E-state index contributed by atoms with van der Waals surface area (Å²) in [5, 5.41) is 1.01. The van der Waals surface area contributed by atoms with Crippen molar-refractivity contribution in [2.75, 3.05) is 38.1 Å². The van der Waals surface area contributed by atoms with Gasteiger partial charge in [-0.25, -0.2) is 0 Å². The summed E-state index contributed by atoms with van der Waals surface area (Å²) in [7, 11) is 0. The summed E-state index contributed by atoms with van der Waals surface area (Å²) < 4.78 is 0. The smallest absolute Gasteiger partial charge is 0.253 e. The van der Waals surface area contributed by atoms with Gasteiger partial charge >= 0.3 is 0 Å². The lowest BCUT2D eigenvalue weighted by molar-refractivity contribution is 0.0762. The minimum atomic E-state index is 0.213. The first-order valence-corrected chi connectivity index (χ1v) is 9.09. The Balaban J connectivity index is 1.67. The van der Waals surface area contributed by atoms with Gasteiger partial charge in [0.15, 0.2) is 0 Å². The first-order chi connectivity index (χ1) is 10.3. The Morgan fingerprint density at radius 1 is 1.05 bits per heavy atom. The zero-order chi connectivity index (χ0) is 14.7. The summed E-state index contributed by atoms with van der Waals surface area (Å²) >= 11 is 3.50. The zero-order valence-electron chi connectivity index (χ0n) is 12.5. The normalized spacial score (nSPS) is 19.4. The number of fused-ring (bicyclic) bond motifs is 1. The highest BCUT2D eigenvalue weighted by Crippen LogP contribution is 2.23. The molecule has 0 spiro atoms. The molecule has 3 nitrogen and oxygen atoms in total. The highest BCUT2D eigenvalue weighted by atomic mass is 79.9. The number of nitrogens with zero attached hydrogens (tertiary/aromatic N) is 2. The van der Waals surface area contributed by atoms with E-state index in [1.54, 1.807) is 0 Å². The SMILES string of the molecule is O=C(c1ccc2c(c1)CCC2)N1CCCN(CCBr)CC1. The van der Waals surface area contributed by atoms with Crippen LogP contribution in [-0.2, 0) is 12.8 Å². The number of carbonyl (C=O) groups is 1. The Morgan fingerprint density at radius 2 is 1.90 bits per heavy atom. The number of halogens is 1. The van der Waals surface area contributed by atoms with Crippen molar-refractivity contribution in [3.8, 4) is 0 Å². The van der Waals surface area contributed by atoms with Gasteiger partial charge < -0.3 is 9.80 Å². The Bertz CT molecular complexity index is 518. The van der Waals surface area contributed by atoms with E-state index in [1.165, 1.54) is 24.0 Å². The maximum Gasteiger partial charge on any atom is 0.253 e. The van der Waals surface area contributed by atoms with Gasteiger partial charge in [-0.2, -0.15) is 0 Å². The van der Waals surface area contributed by atoms with Gasteiger partial charge in [-0.3, -0.25) is 4.79 Å². The van der Waals surface area contributed by atoms with Crippen LogP contribution in [0, 0.1) is 0 Å². The monoisotopic (exact) mass is 350 g/mol. The Kier molecular flexibility index (Phi) is 4.96. The largest absolute Gasteiger partial charge is 0.337 e. The summed E-state index contributed by atoms with van der Waals surface area (Å²) in [6, 6.07) is 6.31. The number of benzene rings is 1. The molecule has 0 saturated carbocycles. The number of alkyl halides is 1. The molecule has 1 aromatic rings. The quantitative estimate of drug-likeness (QED) is 0.782. The lowest BCUT2D eigenvalue weighted by Gasteiger charge is -2.22. The van der Waals surface area contributed by atoms with E-state index in [0.29, 0.717) is 0 Å². The van der Waals surface area contributed by atoms with Gasteiger partial charge in [-0.1, -0.05) is 22.0 Å². The molecule has 0 radical (unpaired) electrons. The summed E-state index contributed by atoms with van der Waals surface area (Å²) in [4.78, 5) is 17.2. The van der Waals surface area contributed by atoms with Crippen LogP contribution in [-0.4, -0.2) is 53.8 Å². The lowest BCUT2D eigenvalue weighted by atomic mass is 10.1. The number of amides is 1. The van der Waals surface area contributed by atoms with Crippen LogP contribution >= 0.6 is 15.9 Å². The van der Waals surface area contributed by atoms with Crippen LogP contribution in [0.3, 0.4) is 0 Å². The van der Waals surface area contributed by atoms with Crippen molar-refractivity contribution < 1.29 is 4.79 Å². The summed E-state index contributed by atoms with van der Waals surface area (Å²) in [6.07, 6.45) is 4.62. The molecule has 1 aliphatic heterocycles. The highest BCUT2D eigenvalue weighted by molar-refractivity contribution is 9.09. The number of aryl methyl sites for hydroxylation is 2. The minimum Gasteiger partial charge on any atom is -0.337 e. The number of rotatable bonds is 3. The molecule has 1 saturated heterocycles. The van der Waals surface area contributed by atoms with Gasteiger partial charge in [0.1, 0.15) is 0 Å². The van der Waals surface area contributed by atoms with Crippen molar-refractivity contribution in [3.05, 3.63) is 34.9 Å². The predicted molar refractivity (Wildman–Crippen MR) is 89.2 cm³/mol. The van der Waals surface area contributed by atoms with E-state index in [1.807, 2.05) is 11.0 Å².